The van der Waals surface area contributed by atoms with E-state index < -0.39 is 0 Å². The molecule has 1 nitrogen and oxygen atoms in total. The topological polar surface area (TPSA) is 9.23 Å². The molecule has 0 aromatic heterocycles. The van der Waals surface area contributed by atoms with E-state index in [1.165, 1.54) is 16.7 Å². The number of ether oxygens (including phenoxy) is 1. The normalized spacial score (nSPS) is 19.8. The van der Waals surface area contributed by atoms with Crippen molar-refractivity contribution < 1.29 is 4.74 Å². The van der Waals surface area contributed by atoms with Crippen LogP contribution in [-0.4, -0.2) is 0 Å². The van der Waals surface area contributed by atoms with Crippen molar-refractivity contribution >= 4 is 22.9 Å². The Hall–Kier alpha value is -2.51. The molecule has 0 N–H and O–H groups in total. The number of hydrogen-bond donors (Lipinski definition) is 0. The predicted molar refractivity (Wildman–Crippen MR) is 104 cm³/mol. The lowest BCUT2D eigenvalue weighted by Crippen LogP contribution is -2.06. The number of hydrogen-bond acceptors (Lipinski definition) is 1. The quantitative estimate of drug-likeness (QED) is 0.518. The van der Waals surface area contributed by atoms with E-state index in [9.17, 15) is 0 Å². The molecule has 0 radical (unpaired) electrons. The van der Waals surface area contributed by atoms with Gasteiger partial charge in [0.1, 0.15) is 11.9 Å². The zero-order valence-electron chi connectivity index (χ0n) is 14.0. The van der Waals surface area contributed by atoms with Crippen LogP contribution in [0.4, 0.5) is 0 Å². The molecule has 0 amide bonds. The van der Waals surface area contributed by atoms with E-state index in [0.29, 0.717) is 0 Å². The standard InChI is InChI=1S/C23H19ClO/c1-16-21(17-8-4-2-5-9-17)23(19-12-14-20(24)15-13-19)25-22(16)18-10-6-3-7-11-18/h2-16,22H,1H3. The van der Waals surface area contributed by atoms with Crippen LogP contribution in [0.15, 0.2) is 84.9 Å². The second-order valence-corrected chi connectivity index (χ2v) is 6.79. The molecule has 2 heteroatoms. The second-order valence-electron chi connectivity index (χ2n) is 6.35. The zero-order valence-corrected chi connectivity index (χ0v) is 14.8. The van der Waals surface area contributed by atoms with E-state index in [1.807, 2.05) is 36.4 Å². The monoisotopic (exact) mass is 346 g/mol. The first-order valence-electron chi connectivity index (χ1n) is 8.51. The van der Waals surface area contributed by atoms with Crippen LogP contribution in [0.2, 0.25) is 5.02 Å². The predicted octanol–water partition coefficient (Wildman–Crippen LogP) is 6.62. The van der Waals surface area contributed by atoms with Gasteiger partial charge in [-0.05, 0) is 35.4 Å². The highest BCUT2D eigenvalue weighted by molar-refractivity contribution is 6.30. The summed E-state index contributed by atoms with van der Waals surface area (Å²) in [6.07, 6.45) is 0.0158. The first-order valence-corrected chi connectivity index (χ1v) is 8.89. The molecule has 0 aliphatic carbocycles. The molecule has 1 aliphatic rings. The van der Waals surface area contributed by atoms with Gasteiger partial charge in [0, 0.05) is 22.1 Å². The third-order valence-corrected chi connectivity index (χ3v) is 4.97. The fourth-order valence-corrected chi connectivity index (χ4v) is 3.61. The van der Waals surface area contributed by atoms with Crippen LogP contribution < -0.4 is 0 Å². The van der Waals surface area contributed by atoms with Crippen LogP contribution in [0, 0.1) is 5.92 Å². The Balaban J connectivity index is 1.82. The molecule has 3 aromatic carbocycles. The molecule has 0 fully saturated rings. The maximum atomic E-state index is 6.49. The molecule has 0 saturated heterocycles. The van der Waals surface area contributed by atoms with E-state index in [2.05, 4.69) is 55.5 Å². The summed E-state index contributed by atoms with van der Waals surface area (Å²) in [5.74, 6) is 1.21. The van der Waals surface area contributed by atoms with E-state index in [1.54, 1.807) is 0 Å². The smallest absolute Gasteiger partial charge is 0.131 e. The van der Waals surface area contributed by atoms with Gasteiger partial charge in [0.05, 0.1) is 0 Å². The van der Waals surface area contributed by atoms with E-state index in [0.717, 1.165) is 16.3 Å². The van der Waals surface area contributed by atoms with Gasteiger partial charge in [-0.2, -0.15) is 0 Å². The second kappa shape index (κ2) is 6.78. The molecule has 2 atom stereocenters. The summed E-state index contributed by atoms with van der Waals surface area (Å²) in [6.45, 7) is 2.24. The van der Waals surface area contributed by atoms with Gasteiger partial charge < -0.3 is 4.74 Å². The van der Waals surface area contributed by atoms with Crippen LogP contribution in [0.1, 0.15) is 29.7 Å². The Labute approximate surface area is 153 Å². The molecule has 0 spiro atoms. The van der Waals surface area contributed by atoms with Crippen molar-refractivity contribution in [3.8, 4) is 0 Å². The minimum atomic E-state index is 0.0158. The molecular formula is C23H19ClO. The summed E-state index contributed by atoms with van der Waals surface area (Å²) < 4.78 is 6.49. The van der Waals surface area contributed by atoms with Gasteiger partial charge in [-0.15, -0.1) is 0 Å². The SMILES string of the molecule is CC1C(c2ccccc2)=C(c2ccc(Cl)cc2)OC1c1ccccc1. The van der Waals surface area contributed by atoms with Gasteiger partial charge in [-0.3, -0.25) is 0 Å². The van der Waals surface area contributed by atoms with Crippen molar-refractivity contribution in [2.45, 2.75) is 13.0 Å². The van der Waals surface area contributed by atoms with Crippen molar-refractivity contribution in [1.82, 2.24) is 0 Å². The molecule has 3 aromatic rings. The lowest BCUT2D eigenvalue weighted by atomic mass is 9.87. The van der Waals surface area contributed by atoms with Crippen molar-refractivity contribution in [1.29, 1.82) is 0 Å². The minimum absolute atomic E-state index is 0.0158. The van der Waals surface area contributed by atoms with Crippen molar-refractivity contribution in [2.24, 2.45) is 5.92 Å². The summed E-state index contributed by atoms with van der Waals surface area (Å²) in [4.78, 5) is 0. The lowest BCUT2D eigenvalue weighted by molar-refractivity contribution is 0.161. The molecule has 25 heavy (non-hydrogen) atoms. The van der Waals surface area contributed by atoms with Gasteiger partial charge in [0.15, 0.2) is 0 Å². The maximum Gasteiger partial charge on any atom is 0.131 e. The highest BCUT2D eigenvalue weighted by atomic mass is 35.5. The zero-order chi connectivity index (χ0) is 17.2. The minimum Gasteiger partial charge on any atom is -0.484 e. The highest BCUT2D eigenvalue weighted by Crippen LogP contribution is 2.49. The third kappa shape index (κ3) is 3.08. The van der Waals surface area contributed by atoms with Crippen LogP contribution >= 0.6 is 11.6 Å². The number of halogens is 1. The van der Waals surface area contributed by atoms with Gasteiger partial charge in [0.2, 0.25) is 0 Å². The molecule has 1 heterocycles. The Morgan fingerprint density at radius 1 is 0.720 bits per heavy atom. The Bertz CT molecular complexity index is 882. The van der Waals surface area contributed by atoms with Crippen LogP contribution in [0.25, 0.3) is 11.3 Å². The molecule has 2 unspecified atom stereocenters. The van der Waals surface area contributed by atoms with Gasteiger partial charge in [-0.1, -0.05) is 79.2 Å². The molecular weight excluding hydrogens is 328 g/mol. The van der Waals surface area contributed by atoms with Gasteiger partial charge in [-0.25, -0.2) is 0 Å². The Morgan fingerprint density at radius 2 is 1.32 bits per heavy atom. The highest BCUT2D eigenvalue weighted by Gasteiger charge is 2.35. The number of benzene rings is 3. The van der Waals surface area contributed by atoms with Crippen molar-refractivity contribution in [3.05, 3.63) is 107 Å². The van der Waals surface area contributed by atoms with Crippen LogP contribution in [0.5, 0.6) is 0 Å². The van der Waals surface area contributed by atoms with Gasteiger partial charge >= 0.3 is 0 Å². The first kappa shape index (κ1) is 16.0. The van der Waals surface area contributed by atoms with Crippen LogP contribution in [0.3, 0.4) is 0 Å². The molecule has 0 bridgehead atoms. The maximum absolute atomic E-state index is 6.49. The molecule has 1 aliphatic heterocycles. The summed E-state index contributed by atoms with van der Waals surface area (Å²) >= 11 is 6.07. The molecule has 0 saturated carbocycles. The summed E-state index contributed by atoms with van der Waals surface area (Å²) in [6, 6.07) is 28.8. The average molecular weight is 347 g/mol. The van der Waals surface area contributed by atoms with Crippen LogP contribution in [-0.2, 0) is 4.74 Å². The summed E-state index contributed by atoms with van der Waals surface area (Å²) in [5, 5.41) is 0.733. The van der Waals surface area contributed by atoms with Crippen molar-refractivity contribution in [2.75, 3.05) is 0 Å². The molecule has 124 valence electrons. The largest absolute Gasteiger partial charge is 0.484 e. The van der Waals surface area contributed by atoms with Crippen molar-refractivity contribution in [3.63, 3.8) is 0 Å². The fraction of sp³-hybridized carbons (Fsp3) is 0.130. The number of rotatable bonds is 3. The fourth-order valence-electron chi connectivity index (χ4n) is 3.49. The van der Waals surface area contributed by atoms with E-state index in [-0.39, 0.29) is 12.0 Å². The van der Waals surface area contributed by atoms with Gasteiger partial charge in [0.25, 0.3) is 0 Å². The summed E-state index contributed by atoms with van der Waals surface area (Å²) in [7, 11) is 0. The van der Waals surface area contributed by atoms with E-state index in [4.69, 9.17) is 16.3 Å². The van der Waals surface area contributed by atoms with E-state index >= 15 is 0 Å². The first-order chi connectivity index (χ1) is 12.2. The molecule has 4 rings (SSSR count). The Morgan fingerprint density at radius 3 is 1.96 bits per heavy atom. The summed E-state index contributed by atoms with van der Waals surface area (Å²) in [5.41, 5.74) is 4.72. The lowest BCUT2D eigenvalue weighted by Gasteiger charge is -2.18. The third-order valence-electron chi connectivity index (χ3n) is 4.72. The average Bonchev–Trinajstić information content (AvgIpc) is 3.01. The Kier molecular flexibility index (Phi) is 4.33.